The van der Waals surface area contributed by atoms with E-state index in [0.29, 0.717) is 23.2 Å². The smallest absolute Gasteiger partial charge is 0.154 e. The molecule has 0 fully saturated rings. The van der Waals surface area contributed by atoms with Crippen molar-refractivity contribution in [1.29, 1.82) is 0 Å². The van der Waals surface area contributed by atoms with E-state index in [4.69, 9.17) is 0 Å². The first kappa shape index (κ1) is 15.1. The second-order valence-corrected chi connectivity index (χ2v) is 5.27. The van der Waals surface area contributed by atoms with Crippen molar-refractivity contribution in [3.63, 3.8) is 0 Å². The van der Waals surface area contributed by atoms with Crippen LogP contribution in [0.4, 0.5) is 10.2 Å². The summed E-state index contributed by atoms with van der Waals surface area (Å²) in [5.74, 6) is 0.194. The van der Waals surface area contributed by atoms with E-state index in [0.717, 1.165) is 25.2 Å². The van der Waals surface area contributed by atoms with Crippen molar-refractivity contribution in [2.75, 3.05) is 11.9 Å². The second kappa shape index (κ2) is 6.56. The molecule has 1 N–H and O–H groups in total. The van der Waals surface area contributed by atoms with E-state index >= 15 is 0 Å². The Morgan fingerprint density at radius 2 is 2.17 bits per heavy atom. The Bertz CT molecular complexity index is 844. The molecule has 5 nitrogen and oxygen atoms in total. The maximum absolute atomic E-state index is 13.8. The number of rotatable bonds is 6. The number of carbonyl (C=O) groups is 1. The molecular weight excluding hydrogens is 295 g/mol. The van der Waals surface area contributed by atoms with Gasteiger partial charge in [-0.15, -0.1) is 5.10 Å². The van der Waals surface area contributed by atoms with Crippen LogP contribution in [0, 0.1) is 5.82 Å². The van der Waals surface area contributed by atoms with Gasteiger partial charge in [0.2, 0.25) is 0 Å². The van der Waals surface area contributed by atoms with Crippen molar-refractivity contribution in [3.05, 3.63) is 47.9 Å². The van der Waals surface area contributed by atoms with Crippen LogP contribution in [-0.2, 0) is 0 Å². The molecule has 0 radical (unpaired) electrons. The molecule has 2 aromatic heterocycles. The van der Waals surface area contributed by atoms with Crippen molar-refractivity contribution in [3.8, 4) is 11.3 Å². The number of aldehydes is 1. The number of anilines is 1. The van der Waals surface area contributed by atoms with Gasteiger partial charge in [0, 0.05) is 12.1 Å². The number of benzene rings is 1. The molecule has 0 unspecified atom stereocenters. The van der Waals surface area contributed by atoms with Gasteiger partial charge >= 0.3 is 0 Å². The molecule has 1 aromatic carbocycles. The molecule has 0 saturated carbocycles. The number of hydrogen-bond donors (Lipinski definition) is 1. The number of carbonyl (C=O) groups excluding carboxylic acids is 1. The first-order valence-electron chi connectivity index (χ1n) is 7.56. The lowest BCUT2D eigenvalue weighted by molar-refractivity contribution is 0.112. The predicted octanol–water partition coefficient (Wildman–Crippen LogP) is 3.56. The van der Waals surface area contributed by atoms with Gasteiger partial charge in [-0.25, -0.2) is 13.9 Å². The SMILES string of the molecule is CCCCNc1ccc2ncc(-c3ccc(C=O)c(F)c3)n2n1. The molecule has 3 aromatic rings. The maximum Gasteiger partial charge on any atom is 0.154 e. The number of nitrogens with one attached hydrogen (secondary N) is 1. The third kappa shape index (κ3) is 3.06. The molecule has 0 bridgehead atoms. The topological polar surface area (TPSA) is 59.3 Å². The minimum Gasteiger partial charge on any atom is -0.369 e. The van der Waals surface area contributed by atoms with Crippen molar-refractivity contribution < 1.29 is 9.18 Å². The van der Waals surface area contributed by atoms with E-state index in [1.807, 2.05) is 12.1 Å². The number of imidazole rings is 1. The summed E-state index contributed by atoms with van der Waals surface area (Å²) in [6.45, 7) is 2.98. The highest BCUT2D eigenvalue weighted by Crippen LogP contribution is 2.22. The summed E-state index contributed by atoms with van der Waals surface area (Å²) in [7, 11) is 0. The second-order valence-electron chi connectivity index (χ2n) is 5.27. The van der Waals surface area contributed by atoms with E-state index in [2.05, 4.69) is 22.3 Å². The largest absolute Gasteiger partial charge is 0.369 e. The van der Waals surface area contributed by atoms with E-state index in [9.17, 15) is 9.18 Å². The van der Waals surface area contributed by atoms with Crippen LogP contribution in [-0.4, -0.2) is 27.4 Å². The van der Waals surface area contributed by atoms with Crippen LogP contribution >= 0.6 is 0 Å². The average Bonchev–Trinajstić information content (AvgIpc) is 2.98. The highest BCUT2D eigenvalue weighted by Gasteiger charge is 2.10. The number of unbranched alkanes of at least 4 members (excludes halogenated alkanes) is 1. The van der Waals surface area contributed by atoms with Gasteiger partial charge < -0.3 is 5.32 Å². The summed E-state index contributed by atoms with van der Waals surface area (Å²) in [5.41, 5.74) is 2.02. The molecule has 0 aliphatic rings. The van der Waals surface area contributed by atoms with Gasteiger partial charge in [-0.1, -0.05) is 19.4 Å². The highest BCUT2D eigenvalue weighted by atomic mass is 19.1. The quantitative estimate of drug-likeness (QED) is 0.558. The van der Waals surface area contributed by atoms with E-state index in [1.54, 1.807) is 16.8 Å². The van der Waals surface area contributed by atoms with Crippen molar-refractivity contribution >= 4 is 17.8 Å². The molecular formula is C17H17FN4O. The number of nitrogens with zero attached hydrogens (tertiary/aromatic N) is 3. The third-order valence-corrected chi connectivity index (χ3v) is 3.62. The molecule has 2 heterocycles. The van der Waals surface area contributed by atoms with Gasteiger partial charge in [0.1, 0.15) is 11.6 Å². The minimum atomic E-state index is -0.551. The summed E-state index contributed by atoms with van der Waals surface area (Å²) >= 11 is 0. The standard InChI is InChI=1S/C17H17FN4O/c1-2-3-8-19-16-6-7-17-20-10-15(22(17)21-16)12-4-5-13(11-23)14(18)9-12/h4-7,9-11H,2-3,8H2,1H3,(H,19,21). The van der Waals surface area contributed by atoms with Crippen molar-refractivity contribution in [2.24, 2.45) is 0 Å². The van der Waals surface area contributed by atoms with Gasteiger partial charge in [-0.2, -0.15) is 0 Å². The van der Waals surface area contributed by atoms with Crippen LogP contribution in [0.3, 0.4) is 0 Å². The monoisotopic (exact) mass is 312 g/mol. The Balaban J connectivity index is 1.98. The van der Waals surface area contributed by atoms with Crippen molar-refractivity contribution in [1.82, 2.24) is 14.6 Å². The fraction of sp³-hybridized carbons (Fsp3) is 0.235. The Kier molecular flexibility index (Phi) is 4.32. The first-order chi connectivity index (χ1) is 11.2. The van der Waals surface area contributed by atoms with Gasteiger partial charge in [-0.05, 0) is 30.7 Å². The Labute approximate surface area is 133 Å². The Hall–Kier alpha value is -2.76. The maximum atomic E-state index is 13.8. The summed E-state index contributed by atoms with van der Waals surface area (Å²) in [6.07, 6.45) is 4.32. The zero-order chi connectivity index (χ0) is 16.2. The van der Waals surface area contributed by atoms with Crippen LogP contribution in [0.1, 0.15) is 30.1 Å². The molecule has 0 atom stereocenters. The number of halogens is 1. The molecule has 0 aliphatic heterocycles. The van der Waals surface area contributed by atoms with Crippen LogP contribution in [0.15, 0.2) is 36.5 Å². The molecule has 0 aliphatic carbocycles. The molecule has 118 valence electrons. The van der Waals surface area contributed by atoms with Crippen LogP contribution in [0.5, 0.6) is 0 Å². The minimum absolute atomic E-state index is 0.0393. The van der Waals surface area contributed by atoms with Gasteiger partial charge in [0.15, 0.2) is 11.9 Å². The number of hydrogen-bond acceptors (Lipinski definition) is 4. The number of aromatic nitrogens is 3. The van der Waals surface area contributed by atoms with Gasteiger partial charge in [0.25, 0.3) is 0 Å². The lowest BCUT2D eigenvalue weighted by Gasteiger charge is -2.07. The van der Waals surface area contributed by atoms with Crippen LogP contribution < -0.4 is 5.32 Å². The van der Waals surface area contributed by atoms with E-state index in [1.165, 1.54) is 12.1 Å². The molecule has 3 rings (SSSR count). The average molecular weight is 312 g/mol. The zero-order valence-corrected chi connectivity index (χ0v) is 12.8. The molecule has 0 saturated heterocycles. The summed E-state index contributed by atoms with van der Waals surface area (Å²) in [4.78, 5) is 15.0. The Morgan fingerprint density at radius 1 is 1.30 bits per heavy atom. The lowest BCUT2D eigenvalue weighted by atomic mass is 10.1. The fourth-order valence-corrected chi connectivity index (χ4v) is 2.34. The number of fused-ring (bicyclic) bond motifs is 1. The zero-order valence-electron chi connectivity index (χ0n) is 12.8. The molecule has 0 amide bonds. The lowest BCUT2D eigenvalue weighted by Crippen LogP contribution is -2.05. The fourth-order valence-electron chi connectivity index (χ4n) is 2.34. The Morgan fingerprint density at radius 3 is 2.91 bits per heavy atom. The highest BCUT2D eigenvalue weighted by molar-refractivity contribution is 5.77. The predicted molar refractivity (Wildman–Crippen MR) is 87.2 cm³/mol. The van der Waals surface area contributed by atoms with Crippen LogP contribution in [0.2, 0.25) is 0 Å². The normalized spacial score (nSPS) is 10.9. The van der Waals surface area contributed by atoms with Gasteiger partial charge in [0.05, 0.1) is 17.5 Å². The third-order valence-electron chi connectivity index (χ3n) is 3.62. The van der Waals surface area contributed by atoms with E-state index in [-0.39, 0.29) is 5.56 Å². The molecule has 6 heteroatoms. The summed E-state index contributed by atoms with van der Waals surface area (Å²) in [5, 5.41) is 7.76. The van der Waals surface area contributed by atoms with Crippen LogP contribution in [0.25, 0.3) is 16.9 Å². The van der Waals surface area contributed by atoms with Gasteiger partial charge in [-0.3, -0.25) is 4.79 Å². The van der Waals surface area contributed by atoms with Crippen molar-refractivity contribution in [2.45, 2.75) is 19.8 Å². The van der Waals surface area contributed by atoms with E-state index < -0.39 is 5.82 Å². The first-order valence-corrected chi connectivity index (χ1v) is 7.56. The summed E-state index contributed by atoms with van der Waals surface area (Å²) in [6, 6.07) is 8.21. The molecule has 0 spiro atoms. The molecule has 23 heavy (non-hydrogen) atoms. The summed E-state index contributed by atoms with van der Waals surface area (Å²) < 4.78 is 15.5.